The van der Waals surface area contributed by atoms with E-state index in [2.05, 4.69) is 223 Å². The van der Waals surface area contributed by atoms with E-state index in [1.807, 2.05) is 12.1 Å². The van der Waals surface area contributed by atoms with E-state index in [9.17, 15) is 0 Å². The highest BCUT2D eigenvalue weighted by atomic mass is 15.2. The number of hydrogen-bond donors (Lipinski definition) is 0. The zero-order chi connectivity index (χ0) is 40.5. The molecule has 3 heterocycles. The van der Waals surface area contributed by atoms with E-state index in [0.29, 0.717) is 5.82 Å². The monoisotopic (exact) mass is 778 g/mol. The first-order chi connectivity index (χ1) is 30.3. The maximum atomic E-state index is 5.64. The maximum absolute atomic E-state index is 5.64. The minimum absolute atomic E-state index is 0.667. The molecule has 4 heteroatoms. The summed E-state index contributed by atoms with van der Waals surface area (Å²) in [6.45, 7) is 0. The number of aromatic nitrogens is 4. The zero-order valence-corrected chi connectivity index (χ0v) is 33.2. The Hall–Kier alpha value is -8.21. The van der Waals surface area contributed by atoms with Gasteiger partial charge in [0.15, 0.2) is 5.82 Å². The lowest BCUT2D eigenvalue weighted by molar-refractivity contribution is 0.981. The summed E-state index contributed by atoms with van der Waals surface area (Å²) in [6.07, 6.45) is 0. The van der Waals surface area contributed by atoms with Crippen LogP contribution in [0.25, 0.3) is 106 Å². The van der Waals surface area contributed by atoms with E-state index in [1.54, 1.807) is 0 Å². The largest absolute Gasteiger partial charge is 0.231 e. The number of rotatable bonds is 8. The van der Waals surface area contributed by atoms with Gasteiger partial charge < -0.3 is 0 Å². The van der Waals surface area contributed by atoms with Crippen molar-refractivity contribution in [3.63, 3.8) is 0 Å². The lowest BCUT2D eigenvalue weighted by atomic mass is 9.90. The minimum Gasteiger partial charge on any atom is -0.231 e. The van der Waals surface area contributed by atoms with Crippen LogP contribution in [0.5, 0.6) is 0 Å². The second kappa shape index (κ2) is 15.5. The molecule has 8 aromatic carbocycles. The SMILES string of the molecule is c1ccc(-c2ccc(-c3nn4c(-c5ccccc5)c(-c5cccc(-c6nc(-c7ccccc7)cc(-c7ccccc7)n6)c5)c5ccccc5c4c3-c3ccccc3)cc2)cc1. The molecule has 0 bridgehead atoms. The van der Waals surface area contributed by atoms with Gasteiger partial charge >= 0.3 is 0 Å². The first-order valence-corrected chi connectivity index (χ1v) is 20.6. The van der Waals surface area contributed by atoms with Crippen molar-refractivity contribution in [1.82, 2.24) is 19.6 Å². The summed E-state index contributed by atoms with van der Waals surface area (Å²) in [5, 5.41) is 7.89. The molecule has 0 spiro atoms. The molecular weight excluding hydrogens is 741 g/mol. The third-order valence-corrected chi connectivity index (χ3v) is 11.4. The highest BCUT2D eigenvalue weighted by Gasteiger charge is 2.25. The fourth-order valence-corrected chi connectivity index (χ4v) is 8.56. The molecular formula is C57H38N4. The van der Waals surface area contributed by atoms with Crippen molar-refractivity contribution in [2.24, 2.45) is 0 Å². The molecule has 4 nitrogen and oxygen atoms in total. The molecule has 286 valence electrons. The van der Waals surface area contributed by atoms with Gasteiger partial charge in [-0.05, 0) is 39.8 Å². The molecule has 0 aliphatic rings. The van der Waals surface area contributed by atoms with E-state index in [1.165, 1.54) is 11.1 Å². The zero-order valence-electron chi connectivity index (χ0n) is 33.2. The first-order valence-electron chi connectivity index (χ1n) is 20.6. The quantitative estimate of drug-likeness (QED) is 0.154. The number of hydrogen-bond acceptors (Lipinski definition) is 3. The van der Waals surface area contributed by atoms with E-state index < -0.39 is 0 Å². The van der Waals surface area contributed by atoms with Crippen LogP contribution >= 0.6 is 0 Å². The van der Waals surface area contributed by atoms with Crippen LogP contribution in [0.3, 0.4) is 0 Å². The van der Waals surface area contributed by atoms with Crippen molar-refractivity contribution < 1.29 is 0 Å². The maximum Gasteiger partial charge on any atom is 0.160 e. The summed E-state index contributed by atoms with van der Waals surface area (Å²) in [7, 11) is 0. The van der Waals surface area contributed by atoms with E-state index in [4.69, 9.17) is 15.1 Å². The molecule has 0 saturated heterocycles. The Labute approximate surface area is 354 Å². The Morgan fingerprint density at radius 2 is 0.738 bits per heavy atom. The molecule has 0 radical (unpaired) electrons. The standard InChI is InChI=1S/C57H38N4/c1-6-19-39(20-7-1)40-33-35-44(36-34-40)54-53(43-25-12-4-13-26-43)56-49-32-17-16-31-48(49)52(55(61(56)60-54)45-27-14-5-15-28-45)46-29-18-30-47(37-46)57-58-50(41-21-8-2-9-22-41)38-51(59-57)42-23-10-3-11-24-42/h1-38H. The Kier molecular flexibility index (Phi) is 9.14. The summed E-state index contributed by atoms with van der Waals surface area (Å²) in [5.74, 6) is 0.667. The lowest BCUT2D eigenvalue weighted by Crippen LogP contribution is -2.00. The van der Waals surface area contributed by atoms with Crippen LogP contribution in [0.15, 0.2) is 231 Å². The fraction of sp³-hybridized carbons (Fsp3) is 0. The van der Waals surface area contributed by atoms with Crippen molar-refractivity contribution in [2.75, 3.05) is 0 Å². The second-order valence-corrected chi connectivity index (χ2v) is 15.2. The summed E-state index contributed by atoms with van der Waals surface area (Å²) < 4.78 is 2.20. The van der Waals surface area contributed by atoms with Gasteiger partial charge in [0.25, 0.3) is 0 Å². The smallest absolute Gasteiger partial charge is 0.160 e. The van der Waals surface area contributed by atoms with Gasteiger partial charge in [0.05, 0.1) is 22.6 Å². The van der Waals surface area contributed by atoms with Crippen LogP contribution in [0.2, 0.25) is 0 Å². The number of benzene rings is 8. The predicted molar refractivity (Wildman–Crippen MR) is 252 cm³/mol. The predicted octanol–water partition coefficient (Wildman–Crippen LogP) is 14.6. The molecule has 0 unspecified atom stereocenters. The highest BCUT2D eigenvalue weighted by molar-refractivity contribution is 6.15. The second-order valence-electron chi connectivity index (χ2n) is 15.2. The average Bonchev–Trinajstić information content (AvgIpc) is 3.76. The van der Waals surface area contributed by atoms with Gasteiger partial charge in [-0.25, -0.2) is 14.5 Å². The van der Waals surface area contributed by atoms with Gasteiger partial charge in [-0.2, -0.15) is 5.10 Å². The van der Waals surface area contributed by atoms with Gasteiger partial charge in [-0.15, -0.1) is 0 Å². The van der Waals surface area contributed by atoms with Gasteiger partial charge in [-0.1, -0.05) is 218 Å². The molecule has 0 N–H and O–H groups in total. The fourth-order valence-electron chi connectivity index (χ4n) is 8.56. The van der Waals surface area contributed by atoms with Crippen molar-refractivity contribution in [3.05, 3.63) is 231 Å². The third kappa shape index (κ3) is 6.67. The van der Waals surface area contributed by atoms with Crippen molar-refractivity contribution in [1.29, 1.82) is 0 Å². The van der Waals surface area contributed by atoms with Crippen LogP contribution < -0.4 is 0 Å². The summed E-state index contributed by atoms with van der Waals surface area (Å²) in [4.78, 5) is 10.4. The van der Waals surface area contributed by atoms with E-state index in [-0.39, 0.29) is 0 Å². The number of pyridine rings is 1. The summed E-state index contributed by atoms with van der Waals surface area (Å²) in [5.41, 5.74) is 16.6. The molecule has 0 amide bonds. The normalized spacial score (nSPS) is 11.3. The van der Waals surface area contributed by atoms with Crippen LogP contribution in [-0.2, 0) is 0 Å². The molecule has 0 aliphatic carbocycles. The van der Waals surface area contributed by atoms with Gasteiger partial charge in [-0.3, -0.25) is 0 Å². The molecule has 61 heavy (non-hydrogen) atoms. The van der Waals surface area contributed by atoms with Gasteiger partial charge in [0.1, 0.15) is 5.69 Å². The molecule has 0 saturated carbocycles. The van der Waals surface area contributed by atoms with Gasteiger partial charge in [0.2, 0.25) is 0 Å². The average molecular weight is 779 g/mol. The number of fused-ring (bicyclic) bond motifs is 3. The van der Waals surface area contributed by atoms with E-state index >= 15 is 0 Å². The summed E-state index contributed by atoms with van der Waals surface area (Å²) >= 11 is 0. The van der Waals surface area contributed by atoms with Gasteiger partial charge in [0, 0.05) is 44.3 Å². The molecule has 11 rings (SSSR count). The molecule has 3 aromatic heterocycles. The number of nitrogens with zero attached hydrogens (tertiary/aromatic N) is 4. The molecule has 0 aliphatic heterocycles. The van der Waals surface area contributed by atoms with Crippen LogP contribution in [0.1, 0.15) is 0 Å². The Morgan fingerprint density at radius 1 is 0.295 bits per heavy atom. The topological polar surface area (TPSA) is 43.1 Å². The summed E-state index contributed by atoms with van der Waals surface area (Å²) in [6, 6.07) is 80.9. The minimum atomic E-state index is 0.667. The van der Waals surface area contributed by atoms with Crippen LogP contribution in [0.4, 0.5) is 0 Å². The molecule has 0 fully saturated rings. The van der Waals surface area contributed by atoms with Crippen molar-refractivity contribution in [3.8, 4) is 89.8 Å². The molecule has 11 aromatic rings. The van der Waals surface area contributed by atoms with Crippen LogP contribution in [-0.4, -0.2) is 19.6 Å². The van der Waals surface area contributed by atoms with E-state index in [0.717, 1.165) is 89.1 Å². The highest BCUT2D eigenvalue weighted by Crippen LogP contribution is 2.46. The van der Waals surface area contributed by atoms with Crippen molar-refractivity contribution in [2.45, 2.75) is 0 Å². The Balaban J connectivity index is 1.18. The third-order valence-electron chi connectivity index (χ3n) is 11.4. The Bertz CT molecular complexity index is 3250. The molecule has 0 atom stereocenters. The van der Waals surface area contributed by atoms with Crippen molar-refractivity contribution >= 4 is 16.3 Å². The first kappa shape index (κ1) is 35.9. The lowest BCUT2D eigenvalue weighted by Gasteiger charge is -2.18. The van der Waals surface area contributed by atoms with Crippen LogP contribution in [0, 0.1) is 0 Å². The Morgan fingerprint density at radius 3 is 1.33 bits per heavy atom.